The second-order valence-corrected chi connectivity index (χ2v) is 8.13. The topological polar surface area (TPSA) is 43.9 Å². The van der Waals surface area contributed by atoms with E-state index in [-0.39, 0.29) is 6.04 Å². The third-order valence-electron chi connectivity index (χ3n) is 4.83. The van der Waals surface area contributed by atoms with Crippen LogP contribution in [-0.4, -0.2) is 72.6 Å². The molecular weight excluding hydrogens is 310 g/mol. The van der Waals surface area contributed by atoms with Crippen molar-refractivity contribution in [2.75, 3.05) is 38.6 Å². The summed E-state index contributed by atoms with van der Waals surface area (Å²) in [6.07, 6.45) is 3.84. The van der Waals surface area contributed by atoms with Crippen LogP contribution in [-0.2, 0) is 10.2 Å². The van der Waals surface area contributed by atoms with Crippen LogP contribution in [0.1, 0.15) is 39.5 Å². The number of nitrogens with zero attached hydrogens (tertiary/aromatic N) is 3. The highest BCUT2D eigenvalue weighted by Crippen LogP contribution is 2.27. The van der Waals surface area contributed by atoms with E-state index in [1.165, 1.54) is 0 Å². The average molecular weight is 338 g/mol. The van der Waals surface area contributed by atoms with Crippen molar-refractivity contribution in [3.63, 3.8) is 0 Å². The monoisotopic (exact) mass is 337 g/mol. The van der Waals surface area contributed by atoms with Crippen LogP contribution in [0.4, 0.5) is 0 Å². The minimum atomic E-state index is -3.35. The van der Waals surface area contributed by atoms with Gasteiger partial charge in [0.2, 0.25) is 0 Å². The van der Waals surface area contributed by atoms with Crippen molar-refractivity contribution in [3.05, 3.63) is 0 Å². The van der Waals surface area contributed by atoms with Crippen LogP contribution < -0.4 is 0 Å². The third kappa shape index (κ3) is 3.72. The molecule has 2 atom stereocenters. The Labute approximate surface area is 134 Å². The molecule has 2 saturated heterocycles. The van der Waals surface area contributed by atoms with Gasteiger partial charge in [0.25, 0.3) is 10.2 Å². The Balaban J connectivity index is 2.06. The molecule has 2 heterocycles. The Bertz CT molecular complexity index is 428. The summed E-state index contributed by atoms with van der Waals surface area (Å²) in [6, 6.07) is 0.326. The van der Waals surface area contributed by atoms with Gasteiger partial charge in [-0.25, -0.2) is 0 Å². The Morgan fingerprint density at radius 1 is 1.14 bits per heavy atom. The van der Waals surface area contributed by atoms with Gasteiger partial charge in [-0.05, 0) is 32.4 Å². The highest BCUT2D eigenvalue weighted by molar-refractivity contribution is 7.86. The molecule has 0 saturated carbocycles. The first-order valence-corrected chi connectivity index (χ1v) is 10.0. The van der Waals surface area contributed by atoms with Gasteiger partial charge in [-0.1, -0.05) is 20.3 Å². The fraction of sp³-hybridized carbons (Fsp3) is 1.00. The lowest BCUT2D eigenvalue weighted by atomic mass is 10.1. The first kappa shape index (κ1) is 17.5. The molecule has 2 unspecified atom stereocenters. The Hall–Kier alpha value is 0.120. The van der Waals surface area contributed by atoms with Crippen molar-refractivity contribution in [2.24, 2.45) is 0 Å². The molecule has 2 aliphatic rings. The Kier molecular flexibility index (Phi) is 6.32. The maximum Gasteiger partial charge on any atom is 0.282 e. The number of alkyl halides is 1. The van der Waals surface area contributed by atoms with Gasteiger partial charge in [-0.2, -0.15) is 17.0 Å². The average Bonchev–Trinajstić information content (AvgIpc) is 2.99. The molecule has 124 valence electrons. The third-order valence-corrected chi connectivity index (χ3v) is 7.24. The van der Waals surface area contributed by atoms with Gasteiger partial charge < -0.3 is 0 Å². The van der Waals surface area contributed by atoms with Crippen LogP contribution in [0.15, 0.2) is 0 Å². The van der Waals surface area contributed by atoms with Crippen LogP contribution in [0, 0.1) is 0 Å². The summed E-state index contributed by atoms with van der Waals surface area (Å²) in [5.41, 5.74) is 0. The van der Waals surface area contributed by atoms with Crippen LogP contribution in [0.3, 0.4) is 0 Å². The molecule has 0 spiro atoms. The molecule has 0 aliphatic carbocycles. The summed E-state index contributed by atoms with van der Waals surface area (Å²) in [4.78, 5) is 2.35. The maximum atomic E-state index is 12.9. The zero-order chi connectivity index (χ0) is 15.5. The molecule has 0 amide bonds. The first-order valence-electron chi connectivity index (χ1n) is 8.11. The second-order valence-electron chi connectivity index (χ2n) is 5.94. The van der Waals surface area contributed by atoms with Gasteiger partial charge in [0.1, 0.15) is 0 Å². The summed E-state index contributed by atoms with van der Waals surface area (Å²) >= 11 is 5.98. The quantitative estimate of drug-likeness (QED) is 0.693. The van der Waals surface area contributed by atoms with E-state index in [2.05, 4.69) is 18.7 Å². The zero-order valence-corrected chi connectivity index (χ0v) is 14.7. The Morgan fingerprint density at radius 2 is 1.86 bits per heavy atom. The molecule has 7 heteroatoms. The first-order chi connectivity index (χ1) is 10.0. The number of piperidine rings is 1. The summed E-state index contributed by atoms with van der Waals surface area (Å²) in [5, 5.41) is 0. The second kappa shape index (κ2) is 7.59. The fourth-order valence-corrected chi connectivity index (χ4v) is 5.85. The van der Waals surface area contributed by atoms with Gasteiger partial charge in [0.15, 0.2) is 0 Å². The van der Waals surface area contributed by atoms with E-state index in [1.54, 1.807) is 8.61 Å². The molecule has 21 heavy (non-hydrogen) atoms. The van der Waals surface area contributed by atoms with Gasteiger partial charge in [0.05, 0.1) is 0 Å². The normalized spacial score (nSPS) is 29.3. The van der Waals surface area contributed by atoms with Crippen molar-refractivity contribution < 1.29 is 8.42 Å². The van der Waals surface area contributed by atoms with Crippen LogP contribution in [0.2, 0.25) is 0 Å². The highest BCUT2D eigenvalue weighted by Gasteiger charge is 2.40. The van der Waals surface area contributed by atoms with E-state index < -0.39 is 10.2 Å². The molecule has 2 aliphatic heterocycles. The Morgan fingerprint density at radius 3 is 2.48 bits per heavy atom. The largest absolute Gasteiger partial charge is 0.300 e. The molecule has 0 radical (unpaired) electrons. The van der Waals surface area contributed by atoms with Crippen molar-refractivity contribution in [2.45, 2.75) is 51.6 Å². The van der Waals surface area contributed by atoms with Gasteiger partial charge >= 0.3 is 0 Å². The molecule has 2 rings (SSSR count). The lowest BCUT2D eigenvalue weighted by molar-refractivity contribution is 0.218. The predicted molar refractivity (Wildman–Crippen MR) is 86.9 cm³/mol. The molecule has 5 nitrogen and oxygen atoms in total. The van der Waals surface area contributed by atoms with E-state index in [0.29, 0.717) is 31.6 Å². The van der Waals surface area contributed by atoms with Gasteiger partial charge in [-0.3, -0.25) is 4.90 Å². The van der Waals surface area contributed by atoms with Crippen LogP contribution >= 0.6 is 11.6 Å². The van der Waals surface area contributed by atoms with Crippen molar-refractivity contribution in [3.8, 4) is 0 Å². The molecule has 0 aromatic heterocycles. The van der Waals surface area contributed by atoms with E-state index >= 15 is 0 Å². The zero-order valence-electron chi connectivity index (χ0n) is 13.2. The van der Waals surface area contributed by atoms with Gasteiger partial charge in [0, 0.05) is 37.6 Å². The summed E-state index contributed by atoms with van der Waals surface area (Å²) in [5.74, 6) is 0.395. The minimum absolute atomic E-state index is 0.0297. The summed E-state index contributed by atoms with van der Waals surface area (Å²) < 4.78 is 29.1. The predicted octanol–water partition coefficient (Wildman–Crippen LogP) is 1.74. The summed E-state index contributed by atoms with van der Waals surface area (Å²) in [6.45, 7) is 8.09. The molecule has 0 N–H and O–H groups in total. The number of hydrogen-bond donors (Lipinski definition) is 0. The van der Waals surface area contributed by atoms with E-state index in [4.69, 9.17) is 11.6 Å². The molecular formula is C14H28ClN3O2S. The number of likely N-dealkylation sites (N-methyl/N-ethyl adjacent to an activating group) is 1. The van der Waals surface area contributed by atoms with E-state index in [9.17, 15) is 8.42 Å². The number of halogens is 1. The fourth-order valence-electron chi connectivity index (χ4n) is 3.54. The van der Waals surface area contributed by atoms with Crippen LogP contribution in [0.25, 0.3) is 0 Å². The molecule has 0 aromatic rings. The number of rotatable bonds is 6. The highest BCUT2D eigenvalue weighted by atomic mass is 35.5. The minimum Gasteiger partial charge on any atom is -0.300 e. The standard InChI is InChI=1S/C14H28ClN3O2S/c1-3-16(4-2)14-8-10-17(12-14)21(19,20)18-9-6-5-7-13(18)11-15/h13-14H,3-12H2,1-2H3. The molecule has 0 bridgehead atoms. The van der Waals surface area contributed by atoms with Gasteiger partial charge in [-0.15, -0.1) is 11.6 Å². The van der Waals surface area contributed by atoms with Crippen molar-refractivity contribution >= 4 is 21.8 Å². The maximum absolute atomic E-state index is 12.9. The smallest absolute Gasteiger partial charge is 0.282 e. The SMILES string of the molecule is CCN(CC)C1CCN(S(=O)(=O)N2CCCCC2CCl)C1. The van der Waals surface area contributed by atoms with Crippen LogP contribution in [0.5, 0.6) is 0 Å². The van der Waals surface area contributed by atoms with Crippen molar-refractivity contribution in [1.29, 1.82) is 0 Å². The summed E-state index contributed by atoms with van der Waals surface area (Å²) in [7, 11) is -3.35. The van der Waals surface area contributed by atoms with Crippen molar-refractivity contribution in [1.82, 2.24) is 13.5 Å². The lowest BCUT2D eigenvalue weighted by Crippen LogP contribution is -2.51. The molecule has 2 fully saturated rings. The number of hydrogen-bond acceptors (Lipinski definition) is 3. The van der Waals surface area contributed by atoms with E-state index in [1.807, 2.05) is 0 Å². The molecule has 0 aromatic carbocycles. The van der Waals surface area contributed by atoms with E-state index in [0.717, 1.165) is 38.8 Å². The lowest BCUT2D eigenvalue weighted by Gasteiger charge is -2.36.